The normalized spacial score (nSPS) is 21.7. The lowest BCUT2D eigenvalue weighted by molar-refractivity contribution is 0.326. The Hall–Kier alpha value is -0.770. The molecule has 2 N–H and O–H groups in total. The fourth-order valence-electron chi connectivity index (χ4n) is 2.46. The van der Waals surface area contributed by atoms with Gasteiger partial charge in [0.05, 0.1) is 0 Å². The summed E-state index contributed by atoms with van der Waals surface area (Å²) in [7, 11) is 0. The van der Waals surface area contributed by atoms with Crippen LogP contribution in [0.15, 0.2) is 4.99 Å². The van der Waals surface area contributed by atoms with Crippen molar-refractivity contribution in [3.8, 4) is 0 Å². The number of aliphatic imine (C=N–C) groups is 1. The molecule has 1 heterocycles. The Morgan fingerprint density at radius 3 is 2.63 bits per heavy atom. The molecule has 4 heteroatoms. The van der Waals surface area contributed by atoms with Crippen LogP contribution >= 0.6 is 0 Å². The smallest absolute Gasteiger partial charge is 0.191 e. The Balaban J connectivity index is 2.43. The number of nitrogens with one attached hydrogen (secondary N) is 2. The van der Waals surface area contributed by atoms with Gasteiger partial charge in [-0.05, 0) is 59.5 Å². The molecule has 0 aliphatic carbocycles. The van der Waals surface area contributed by atoms with E-state index in [0.717, 1.165) is 25.0 Å². The molecular weight excluding hydrogens is 236 g/mol. The van der Waals surface area contributed by atoms with Crippen molar-refractivity contribution in [2.75, 3.05) is 32.7 Å². The minimum atomic E-state index is 0.0604. The van der Waals surface area contributed by atoms with Gasteiger partial charge < -0.3 is 15.5 Å². The summed E-state index contributed by atoms with van der Waals surface area (Å²) in [6.07, 6.45) is 2.54. The van der Waals surface area contributed by atoms with E-state index in [4.69, 9.17) is 4.99 Å². The minimum Gasteiger partial charge on any atom is -0.357 e. The Morgan fingerprint density at radius 1 is 1.32 bits per heavy atom. The maximum absolute atomic E-state index is 4.74. The van der Waals surface area contributed by atoms with Gasteiger partial charge in [0.25, 0.3) is 0 Å². The van der Waals surface area contributed by atoms with E-state index < -0.39 is 0 Å². The zero-order valence-corrected chi connectivity index (χ0v) is 13.4. The van der Waals surface area contributed by atoms with Crippen LogP contribution in [-0.2, 0) is 0 Å². The summed E-state index contributed by atoms with van der Waals surface area (Å²) in [5.41, 5.74) is 0.0604. The van der Waals surface area contributed by atoms with Crippen molar-refractivity contribution in [3.05, 3.63) is 0 Å². The van der Waals surface area contributed by atoms with Gasteiger partial charge in [-0.15, -0.1) is 0 Å². The molecule has 1 rings (SSSR count). The van der Waals surface area contributed by atoms with Crippen LogP contribution in [0.25, 0.3) is 0 Å². The Bertz CT molecular complexity index is 280. The third kappa shape index (κ3) is 6.81. The third-order valence-electron chi connectivity index (χ3n) is 3.26. The predicted octanol–water partition coefficient (Wildman–Crippen LogP) is 2.07. The zero-order chi connectivity index (χ0) is 14.3. The second kappa shape index (κ2) is 7.73. The third-order valence-corrected chi connectivity index (χ3v) is 3.26. The molecular formula is C15H32N4. The molecule has 1 saturated heterocycles. The maximum atomic E-state index is 4.74. The molecule has 0 bridgehead atoms. The van der Waals surface area contributed by atoms with E-state index >= 15 is 0 Å². The average Bonchev–Trinajstić information content (AvgIpc) is 2.73. The van der Waals surface area contributed by atoms with Crippen molar-refractivity contribution >= 4 is 5.96 Å². The van der Waals surface area contributed by atoms with Crippen LogP contribution in [0.1, 0.15) is 47.5 Å². The van der Waals surface area contributed by atoms with Gasteiger partial charge in [0.2, 0.25) is 0 Å². The highest BCUT2D eigenvalue weighted by molar-refractivity contribution is 5.80. The Morgan fingerprint density at radius 2 is 2.05 bits per heavy atom. The van der Waals surface area contributed by atoms with Crippen LogP contribution < -0.4 is 10.6 Å². The van der Waals surface area contributed by atoms with Crippen molar-refractivity contribution < 1.29 is 0 Å². The molecule has 0 spiro atoms. The van der Waals surface area contributed by atoms with Gasteiger partial charge in [-0.25, -0.2) is 0 Å². The molecule has 0 aromatic rings. The van der Waals surface area contributed by atoms with Gasteiger partial charge in [0, 0.05) is 25.2 Å². The summed E-state index contributed by atoms with van der Waals surface area (Å²) < 4.78 is 0. The van der Waals surface area contributed by atoms with E-state index in [1.807, 2.05) is 0 Å². The molecule has 19 heavy (non-hydrogen) atoms. The Kier molecular flexibility index (Phi) is 6.63. The van der Waals surface area contributed by atoms with E-state index in [1.54, 1.807) is 0 Å². The first-order chi connectivity index (χ1) is 8.94. The number of hydrogen-bond donors (Lipinski definition) is 2. The van der Waals surface area contributed by atoms with Crippen molar-refractivity contribution in [1.82, 2.24) is 15.5 Å². The van der Waals surface area contributed by atoms with Crippen LogP contribution in [0.2, 0.25) is 0 Å². The molecule has 0 amide bonds. The van der Waals surface area contributed by atoms with Crippen LogP contribution in [0.4, 0.5) is 0 Å². The van der Waals surface area contributed by atoms with Gasteiger partial charge in [-0.1, -0.05) is 6.92 Å². The van der Waals surface area contributed by atoms with Crippen LogP contribution in [0.5, 0.6) is 0 Å². The topological polar surface area (TPSA) is 39.7 Å². The second-order valence-electron chi connectivity index (χ2n) is 6.55. The minimum absolute atomic E-state index is 0.0604. The lowest BCUT2D eigenvalue weighted by Crippen LogP contribution is -2.47. The van der Waals surface area contributed by atoms with Gasteiger partial charge in [-0.2, -0.15) is 0 Å². The van der Waals surface area contributed by atoms with Gasteiger partial charge >= 0.3 is 0 Å². The van der Waals surface area contributed by atoms with Crippen molar-refractivity contribution in [1.29, 1.82) is 0 Å². The molecule has 4 nitrogen and oxygen atoms in total. The fraction of sp³-hybridized carbons (Fsp3) is 0.933. The summed E-state index contributed by atoms with van der Waals surface area (Å²) in [5, 5.41) is 6.77. The first-order valence-electron chi connectivity index (χ1n) is 7.73. The zero-order valence-electron chi connectivity index (χ0n) is 13.4. The quantitative estimate of drug-likeness (QED) is 0.592. The summed E-state index contributed by atoms with van der Waals surface area (Å²) in [5.74, 6) is 1.67. The maximum Gasteiger partial charge on any atom is 0.191 e. The first kappa shape index (κ1) is 16.3. The van der Waals surface area contributed by atoms with Gasteiger partial charge in [0.15, 0.2) is 5.96 Å². The summed E-state index contributed by atoms with van der Waals surface area (Å²) >= 11 is 0. The molecule has 1 fully saturated rings. The van der Waals surface area contributed by atoms with Gasteiger partial charge in [0.1, 0.15) is 0 Å². The van der Waals surface area contributed by atoms with Crippen molar-refractivity contribution in [2.45, 2.75) is 53.0 Å². The monoisotopic (exact) mass is 268 g/mol. The molecule has 1 aliphatic heterocycles. The highest BCUT2D eigenvalue weighted by Gasteiger charge is 2.21. The number of likely N-dealkylation sites (tertiary alicyclic amines) is 1. The number of hydrogen-bond acceptors (Lipinski definition) is 2. The van der Waals surface area contributed by atoms with E-state index in [0.29, 0.717) is 0 Å². The largest absolute Gasteiger partial charge is 0.357 e. The molecule has 0 aromatic heterocycles. The highest BCUT2D eigenvalue weighted by Crippen LogP contribution is 2.16. The molecule has 0 aromatic carbocycles. The van der Waals surface area contributed by atoms with Gasteiger partial charge in [-0.3, -0.25) is 4.99 Å². The van der Waals surface area contributed by atoms with E-state index in [9.17, 15) is 0 Å². The molecule has 1 unspecified atom stereocenters. The lowest BCUT2D eigenvalue weighted by Gasteiger charge is -2.24. The number of guanidine groups is 1. The molecule has 112 valence electrons. The molecule has 1 atom stereocenters. The summed E-state index contributed by atoms with van der Waals surface area (Å²) in [4.78, 5) is 7.30. The fourth-order valence-corrected chi connectivity index (χ4v) is 2.46. The molecule has 1 aliphatic rings. The lowest BCUT2D eigenvalue weighted by atomic mass is 10.1. The average molecular weight is 268 g/mol. The predicted molar refractivity (Wildman–Crippen MR) is 83.7 cm³/mol. The first-order valence-corrected chi connectivity index (χ1v) is 7.73. The summed E-state index contributed by atoms with van der Waals surface area (Å²) in [6, 6.07) is 0. The van der Waals surface area contributed by atoms with E-state index in [2.05, 4.69) is 50.2 Å². The van der Waals surface area contributed by atoms with Crippen LogP contribution in [-0.4, -0.2) is 49.1 Å². The molecule has 0 radical (unpaired) electrons. The Labute approximate surface area is 119 Å². The van der Waals surface area contributed by atoms with Crippen molar-refractivity contribution in [2.24, 2.45) is 10.9 Å². The van der Waals surface area contributed by atoms with E-state index in [1.165, 1.54) is 32.5 Å². The SMILES string of the molecule is CCCN1CCC(CN=C(NCC)NC(C)(C)C)C1. The standard InChI is InChI=1S/C15H32N4/c1-6-9-19-10-8-13(12-19)11-17-14(16-7-2)18-15(3,4)5/h13H,6-12H2,1-5H3,(H2,16,17,18). The van der Waals surface area contributed by atoms with E-state index in [-0.39, 0.29) is 5.54 Å². The van der Waals surface area contributed by atoms with Crippen LogP contribution in [0.3, 0.4) is 0 Å². The number of rotatable bonds is 5. The molecule has 0 saturated carbocycles. The van der Waals surface area contributed by atoms with Crippen molar-refractivity contribution in [3.63, 3.8) is 0 Å². The number of nitrogens with zero attached hydrogens (tertiary/aromatic N) is 2. The highest BCUT2D eigenvalue weighted by atomic mass is 15.2. The summed E-state index contributed by atoms with van der Waals surface area (Å²) in [6.45, 7) is 16.4. The van der Waals surface area contributed by atoms with Crippen LogP contribution in [0, 0.1) is 5.92 Å². The second-order valence-corrected chi connectivity index (χ2v) is 6.55.